The summed E-state index contributed by atoms with van der Waals surface area (Å²) in [6, 6.07) is 6.91. The molecule has 0 saturated carbocycles. The molecule has 0 spiro atoms. The Kier molecular flexibility index (Phi) is 4.69. The molecule has 0 fully saturated rings. The van der Waals surface area contributed by atoms with Crippen LogP contribution in [0.25, 0.3) is 0 Å². The summed E-state index contributed by atoms with van der Waals surface area (Å²) in [6.07, 6.45) is 3.32. The Morgan fingerprint density at radius 1 is 1.40 bits per heavy atom. The van der Waals surface area contributed by atoms with Gasteiger partial charge in [0.2, 0.25) is 0 Å². The van der Waals surface area contributed by atoms with Crippen LogP contribution >= 0.6 is 0 Å². The number of rotatable bonds is 5. The fourth-order valence-corrected chi connectivity index (χ4v) is 2.05. The molecule has 2 aromatic rings. The SMILES string of the molecule is CCNC(C)c1cc(F)c(C)cc1Oc1cccnc1. The quantitative estimate of drug-likeness (QED) is 0.895. The number of aromatic nitrogens is 1. The van der Waals surface area contributed by atoms with Crippen LogP contribution in [-0.4, -0.2) is 11.5 Å². The van der Waals surface area contributed by atoms with Crippen molar-refractivity contribution in [2.45, 2.75) is 26.8 Å². The molecule has 1 N–H and O–H groups in total. The monoisotopic (exact) mass is 274 g/mol. The van der Waals surface area contributed by atoms with Crippen molar-refractivity contribution in [1.29, 1.82) is 0 Å². The number of aryl methyl sites for hydroxylation is 1. The molecular weight excluding hydrogens is 255 g/mol. The smallest absolute Gasteiger partial charge is 0.145 e. The van der Waals surface area contributed by atoms with Gasteiger partial charge in [-0.25, -0.2) is 4.39 Å². The Morgan fingerprint density at radius 3 is 2.85 bits per heavy atom. The third-order valence-electron chi connectivity index (χ3n) is 3.13. The van der Waals surface area contributed by atoms with Crippen molar-refractivity contribution in [2.24, 2.45) is 0 Å². The number of benzene rings is 1. The van der Waals surface area contributed by atoms with E-state index in [4.69, 9.17) is 4.74 Å². The summed E-state index contributed by atoms with van der Waals surface area (Å²) < 4.78 is 19.6. The van der Waals surface area contributed by atoms with Crippen molar-refractivity contribution in [3.63, 3.8) is 0 Å². The van der Waals surface area contributed by atoms with E-state index in [1.54, 1.807) is 31.5 Å². The van der Waals surface area contributed by atoms with Crippen LogP contribution in [-0.2, 0) is 0 Å². The van der Waals surface area contributed by atoms with Crippen LogP contribution in [0.4, 0.5) is 4.39 Å². The zero-order chi connectivity index (χ0) is 14.5. The van der Waals surface area contributed by atoms with Crippen LogP contribution in [0, 0.1) is 12.7 Å². The predicted octanol–water partition coefficient (Wildman–Crippen LogP) is 3.99. The van der Waals surface area contributed by atoms with Gasteiger partial charge in [0.05, 0.1) is 6.20 Å². The Hall–Kier alpha value is -1.94. The number of pyridine rings is 1. The third-order valence-corrected chi connectivity index (χ3v) is 3.13. The number of nitrogens with one attached hydrogen (secondary N) is 1. The van der Waals surface area contributed by atoms with Gasteiger partial charge in [-0.15, -0.1) is 0 Å². The minimum atomic E-state index is -0.219. The molecule has 0 amide bonds. The lowest BCUT2D eigenvalue weighted by molar-refractivity contribution is 0.457. The van der Waals surface area contributed by atoms with E-state index in [9.17, 15) is 4.39 Å². The van der Waals surface area contributed by atoms with E-state index in [2.05, 4.69) is 10.3 Å². The Labute approximate surface area is 118 Å². The summed E-state index contributed by atoms with van der Waals surface area (Å²) in [7, 11) is 0. The highest BCUT2D eigenvalue weighted by Crippen LogP contribution is 2.31. The first-order valence-corrected chi connectivity index (χ1v) is 6.73. The lowest BCUT2D eigenvalue weighted by Crippen LogP contribution is -2.18. The Morgan fingerprint density at radius 2 is 2.20 bits per heavy atom. The van der Waals surface area contributed by atoms with E-state index >= 15 is 0 Å². The maximum atomic E-state index is 13.8. The number of halogens is 1. The summed E-state index contributed by atoms with van der Waals surface area (Å²) >= 11 is 0. The maximum Gasteiger partial charge on any atom is 0.145 e. The van der Waals surface area contributed by atoms with Crippen molar-refractivity contribution in [3.05, 3.63) is 53.6 Å². The molecule has 1 aromatic heterocycles. The largest absolute Gasteiger partial charge is 0.455 e. The molecule has 0 saturated heterocycles. The number of hydrogen-bond donors (Lipinski definition) is 1. The molecular formula is C16H19FN2O. The van der Waals surface area contributed by atoms with Gasteiger partial charge in [0.25, 0.3) is 0 Å². The van der Waals surface area contributed by atoms with Crippen molar-refractivity contribution in [1.82, 2.24) is 10.3 Å². The van der Waals surface area contributed by atoms with Gasteiger partial charge in [-0.2, -0.15) is 0 Å². The zero-order valence-electron chi connectivity index (χ0n) is 12.0. The molecule has 1 unspecified atom stereocenters. The van der Waals surface area contributed by atoms with Gasteiger partial charge in [0, 0.05) is 17.8 Å². The summed E-state index contributed by atoms with van der Waals surface area (Å²) in [5.41, 5.74) is 1.37. The molecule has 3 nitrogen and oxygen atoms in total. The second kappa shape index (κ2) is 6.48. The van der Waals surface area contributed by atoms with Gasteiger partial charge >= 0.3 is 0 Å². The topological polar surface area (TPSA) is 34.1 Å². The van der Waals surface area contributed by atoms with E-state index in [0.29, 0.717) is 17.1 Å². The number of hydrogen-bond acceptors (Lipinski definition) is 3. The highest BCUT2D eigenvalue weighted by atomic mass is 19.1. The zero-order valence-corrected chi connectivity index (χ0v) is 12.0. The molecule has 1 heterocycles. The standard InChI is InChI=1S/C16H19FN2O/c1-4-19-12(3)14-9-15(17)11(2)8-16(14)20-13-6-5-7-18-10-13/h5-10,12,19H,4H2,1-3H3. The average Bonchev–Trinajstić information content (AvgIpc) is 2.44. The van der Waals surface area contributed by atoms with Crippen LogP contribution in [0.3, 0.4) is 0 Å². The predicted molar refractivity (Wildman–Crippen MR) is 77.5 cm³/mol. The lowest BCUT2D eigenvalue weighted by Gasteiger charge is -2.18. The molecule has 106 valence electrons. The second-order valence-electron chi connectivity index (χ2n) is 4.71. The first-order valence-electron chi connectivity index (χ1n) is 6.73. The van der Waals surface area contributed by atoms with Crippen LogP contribution in [0.5, 0.6) is 11.5 Å². The van der Waals surface area contributed by atoms with E-state index < -0.39 is 0 Å². The van der Waals surface area contributed by atoms with Crippen LogP contribution in [0.15, 0.2) is 36.7 Å². The number of ether oxygens (including phenoxy) is 1. The first kappa shape index (κ1) is 14.5. The van der Waals surface area contributed by atoms with Crippen molar-refractivity contribution in [2.75, 3.05) is 6.54 Å². The molecule has 0 aliphatic carbocycles. The molecule has 0 aliphatic rings. The fraction of sp³-hybridized carbons (Fsp3) is 0.312. The van der Waals surface area contributed by atoms with E-state index in [0.717, 1.165) is 12.1 Å². The van der Waals surface area contributed by atoms with Crippen LogP contribution < -0.4 is 10.1 Å². The summed E-state index contributed by atoms with van der Waals surface area (Å²) in [5, 5.41) is 3.27. The van der Waals surface area contributed by atoms with Gasteiger partial charge in [-0.1, -0.05) is 6.92 Å². The van der Waals surface area contributed by atoms with Crippen LogP contribution in [0.2, 0.25) is 0 Å². The molecule has 4 heteroatoms. The first-order chi connectivity index (χ1) is 9.61. The second-order valence-corrected chi connectivity index (χ2v) is 4.71. The van der Waals surface area contributed by atoms with E-state index in [1.807, 2.05) is 19.9 Å². The Bertz CT molecular complexity index is 572. The Balaban J connectivity index is 2.37. The van der Waals surface area contributed by atoms with Crippen molar-refractivity contribution >= 4 is 0 Å². The minimum Gasteiger partial charge on any atom is -0.455 e. The summed E-state index contributed by atoms with van der Waals surface area (Å²) in [5.74, 6) is 1.08. The highest BCUT2D eigenvalue weighted by Gasteiger charge is 2.15. The van der Waals surface area contributed by atoms with Crippen LogP contribution in [0.1, 0.15) is 31.0 Å². The highest BCUT2D eigenvalue weighted by molar-refractivity contribution is 5.42. The summed E-state index contributed by atoms with van der Waals surface area (Å²) in [4.78, 5) is 4.02. The van der Waals surface area contributed by atoms with Gasteiger partial charge in [0.1, 0.15) is 17.3 Å². The maximum absolute atomic E-state index is 13.8. The van der Waals surface area contributed by atoms with Gasteiger partial charge in [-0.3, -0.25) is 4.98 Å². The van der Waals surface area contributed by atoms with E-state index in [1.165, 1.54) is 6.07 Å². The molecule has 0 bridgehead atoms. The molecule has 1 aromatic carbocycles. The lowest BCUT2D eigenvalue weighted by atomic mass is 10.0. The molecule has 20 heavy (non-hydrogen) atoms. The molecule has 2 rings (SSSR count). The molecule has 0 aliphatic heterocycles. The molecule has 1 atom stereocenters. The van der Waals surface area contributed by atoms with Crippen molar-refractivity contribution in [3.8, 4) is 11.5 Å². The van der Waals surface area contributed by atoms with Crippen molar-refractivity contribution < 1.29 is 9.13 Å². The summed E-state index contributed by atoms with van der Waals surface area (Å²) in [6.45, 7) is 6.54. The average molecular weight is 274 g/mol. The minimum absolute atomic E-state index is 0.0155. The van der Waals surface area contributed by atoms with Gasteiger partial charge < -0.3 is 10.1 Å². The fourth-order valence-electron chi connectivity index (χ4n) is 2.05. The number of nitrogens with zero attached hydrogens (tertiary/aromatic N) is 1. The normalized spacial score (nSPS) is 12.2. The van der Waals surface area contributed by atoms with Gasteiger partial charge in [0.15, 0.2) is 0 Å². The third kappa shape index (κ3) is 3.33. The molecule has 0 radical (unpaired) electrons. The van der Waals surface area contributed by atoms with E-state index in [-0.39, 0.29) is 11.9 Å². The van der Waals surface area contributed by atoms with Gasteiger partial charge in [-0.05, 0) is 50.2 Å².